The molecule has 2 nitrogen and oxygen atoms in total. The molecular formula is C9H16O2. The van der Waals surface area contributed by atoms with Crippen LogP contribution in [0.2, 0.25) is 0 Å². The smallest absolute Gasteiger partial charge is 0.0779 e. The highest BCUT2D eigenvalue weighted by Crippen LogP contribution is 2.20. The van der Waals surface area contributed by atoms with E-state index in [-0.39, 0.29) is 6.10 Å². The Balaban J connectivity index is 2.35. The first kappa shape index (κ1) is 8.75. The van der Waals surface area contributed by atoms with E-state index in [1.165, 1.54) is 0 Å². The maximum atomic E-state index is 5.27. The molecule has 1 heterocycles. The van der Waals surface area contributed by atoms with Crippen LogP contribution in [0.1, 0.15) is 12.8 Å². The van der Waals surface area contributed by atoms with E-state index in [4.69, 9.17) is 9.47 Å². The van der Waals surface area contributed by atoms with Crippen molar-refractivity contribution >= 4 is 0 Å². The van der Waals surface area contributed by atoms with Gasteiger partial charge in [0.25, 0.3) is 0 Å². The van der Waals surface area contributed by atoms with E-state index in [1.54, 1.807) is 7.11 Å². The fraction of sp³-hybridized carbons (Fsp3) is 0.778. The molecule has 1 unspecified atom stereocenters. The summed E-state index contributed by atoms with van der Waals surface area (Å²) in [6.45, 7) is 5.49. The van der Waals surface area contributed by atoms with Gasteiger partial charge in [-0.1, -0.05) is 6.08 Å². The molecule has 0 amide bonds. The van der Waals surface area contributed by atoms with Crippen molar-refractivity contribution in [1.82, 2.24) is 0 Å². The molecule has 1 saturated heterocycles. The lowest BCUT2D eigenvalue weighted by molar-refractivity contribution is 0.00732. The van der Waals surface area contributed by atoms with E-state index in [2.05, 4.69) is 6.58 Å². The van der Waals surface area contributed by atoms with Gasteiger partial charge in [-0.3, -0.25) is 0 Å². The van der Waals surface area contributed by atoms with Crippen molar-refractivity contribution in [2.45, 2.75) is 18.9 Å². The Labute approximate surface area is 68.2 Å². The van der Waals surface area contributed by atoms with Gasteiger partial charge < -0.3 is 9.47 Å². The van der Waals surface area contributed by atoms with Gasteiger partial charge in [-0.05, 0) is 18.8 Å². The second kappa shape index (κ2) is 4.52. The van der Waals surface area contributed by atoms with Crippen molar-refractivity contribution in [2.24, 2.45) is 5.92 Å². The summed E-state index contributed by atoms with van der Waals surface area (Å²) in [6, 6.07) is 0. The third kappa shape index (κ3) is 2.31. The van der Waals surface area contributed by atoms with Crippen molar-refractivity contribution in [3.8, 4) is 0 Å². The van der Waals surface area contributed by atoms with Gasteiger partial charge in [-0.25, -0.2) is 0 Å². The summed E-state index contributed by atoms with van der Waals surface area (Å²) in [5.74, 6) is 0.617. The highest BCUT2D eigenvalue weighted by Gasteiger charge is 2.20. The molecular weight excluding hydrogens is 140 g/mol. The van der Waals surface area contributed by atoms with Crippen molar-refractivity contribution in [2.75, 3.05) is 20.3 Å². The average Bonchev–Trinajstić information content (AvgIpc) is 2.09. The van der Waals surface area contributed by atoms with Gasteiger partial charge in [0.05, 0.1) is 6.10 Å². The predicted molar refractivity (Wildman–Crippen MR) is 44.5 cm³/mol. The van der Waals surface area contributed by atoms with Gasteiger partial charge >= 0.3 is 0 Å². The third-order valence-electron chi connectivity index (χ3n) is 2.24. The van der Waals surface area contributed by atoms with Crippen LogP contribution in [0.15, 0.2) is 12.7 Å². The van der Waals surface area contributed by atoms with E-state index >= 15 is 0 Å². The number of hydrogen-bond donors (Lipinski definition) is 0. The summed E-state index contributed by atoms with van der Waals surface area (Å²) in [7, 11) is 1.74. The maximum absolute atomic E-state index is 5.27. The lowest BCUT2D eigenvalue weighted by Crippen LogP contribution is -2.27. The average molecular weight is 156 g/mol. The first-order valence-electron chi connectivity index (χ1n) is 4.11. The van der Waals surface area contributed by atoms with Crippen LogP contribution in [0, 0.1) is 5.92 Å². The summed E-state index contributed by atoms with van der Waals surface area (Å²) in [6.07, 6.45) is 4.31. The van der Waals surface area contributed by atoms with Crippen molar-refractivity contribution in [1.29, 1.82) is 0 Å². The Morgan fingerprint density at radius 2 is 2.18 bits per heavy atom. The predicted octanol–water partition coefficient (Wildman–Crippen LogP) is 1.61. The molecule has 1 atom stereocenters. The van der Waals surface area contributed by atoms with Crippen LogP contribution < -0.4 is 0 Å². The molecule has 11 heavy (non-hydrogen) atoms. The van der Waals surface area contributed by atoms with E-state index in [1.807, 2.05) is 6.08 Å². The zero-order valence-corrected chi connectivity index (χ0v) is 7.08. The normalized spacial score (nSPS) is 23.0. The standard InChI is InChI=1S/C9H16O2/c1-3-9(10-2)8-4-6-11-7-5-8/h3,8-9H,1,4-7H2,2H3. The molecule has 0 aromatic heterocycles. The largest absolute Gasteiger partial charge is 0.381 e. The van der Waals surface area contributed by atoms with Gasteiger partial charge in [-0.2, -0.15) is 0 Å². The molecule has 0 saturated carbocycles. The van der Waals surface area contributed by atoms with Gasteiger partial charge in [0.15, 0.2) is 0 Å². The molecule has 0 N–H and O–H groups in total. The van der Waals surface area contributed by atoms with Crippen LogP contribution in [0.25, 0.3) is 0 Å². The molecule has 0 radical (unpaired) electrons. The number of rotatable bonds is 3. The Morgan fingerprint density at radius 1 is 1.55 bits per heavy atom. The number of ether oxygens (including phenoxy) is 2. The van der Waals surface area contributed by atoms with Crippen LogP contribution in [0.3, 0.4) is 0 Å². The minimum atomic E-state index is 0.221. The molecule has 0 bridgehead atoms. The first-order chi connectivity index (χ1) is 5.38. The van der Waals surface area contributed by atoms with Crippen molar-refractivity contribution in [3.63, 3.8) is 0 Å². The van der Waals surface area contributed by atoms with E-state index in [9.17, 15) is 0 Å². The van der Waals surface area contributed by atoms with Gasteiger partial charge in [0.1, 0.15) is 0 Å². The van der Waals surface area contributed by atoms with Crippen molar-refractivity contribution < 1.29 is 9.47 Å². The fourth-order valence-corrected chi connectivity index (χ4v) is 1.53. The molecule has 0 aliphatic carbocycles. The molecule has 1 fully saturated rings. The molecule has 0 aromatic carbocycles. The molecule has 0 spiro atoms. The number of methoxy groups -OCH3 is 1. The number of hydrogen-bond acceptors (Lipinski definition) is 2. The van der Waals surface area contributed by atoms with Gasteiger partial charge in [0, 0.05) is 20.3 Å². The van der Waals surface area contributed by atoms with Crippen LogP contribution in [0.4, 0.5) is 0 Å². The van der Waals surface area contributed by atoms with Crippen LogP contribution in [-0.4, -0.2) is 26.4 Å². The lowest BCUT2D eigenvalue weighted by atomic mass is 9.94. The summed E-state index contributed by atoms with van der Waals surface area (Å²) in [4.78, 5) is 0. The van der Waals surface area contributed by atoms with E-state index in [0.717, 1.165) is 26.1 Å². The lowest BCUT2D eigenvalue weighted by Gasteiger charge is -2.26. The summed E-state index contributed by atoms with van der Waals surface area (Å²) in [5, 5.41) is 0. The van der Waals surface area contributed by atoms with Crippen molar-refractivity contribution in [3.05, 3.63) is 12.7 Å². The Bertz CT molecular complexity index is 117. The molecule has 1 rings (SSSR count). The highest BCUT2D eigenvalue weighted by atomic mass is 16.5. The Kier molecular flexibility index (Phi) is 3.60. The maximum Gasteiger partial charge on any atom is 0.0779 e. The monoisotopic (exact) mass is 156 g/mol. The molecule has 1 aliphatic rings. The second-order valence-corrected chi connectivity index (χ2v) is 2.89. The second-order valence-electron chi connectivity index (χ2n) is 2.89. The third-order valence-corrected chi connectivity index (χ3v) is 2.24. The molecule has 1 aliphatic heterocycles. The molecule has 64 valence electrons. The summed E-state index contributed by atoms with van der Waals surface area (Å²) < 4.78 is 10.5. The minimum Gasteiger partial charge on any atom is -0.381 e. The zero-order valence-electron chi connectivity index (χ0n) is 7.08. The van der Waals surface area contributed by atoms with Gasteiger partial charge in [0.2, 0.25) is 0 Å². The van der Waals surface area contributed by atoms with E-state index in [0.29, 0.717) is 5.92 Å². The Morgan fingerprint density at radius 3 is 2.64 bits per heavy atom. The quantitative estimate of drug-likeness (QED) is 0.578. The molecule has 2 heteroatoms. The highest BCUT2D eigenvalue weighted by molar-refractivity contribution is 4.86. The topological polar surface area (TPSA) is 18.5 Å². The summed E-state index contributed by atoms with van der Waals surface area (Å²) in [5.41, 5.74) is 0. The van der Waals surface area contributed by atoms with Crippen LogP contribution >= 0.6 is 0 Å². The SMILES string of the molecule is C=CC(OC)C1CCOCC1. The van der Waals surface area contributed by atoms with E-state index < -0.39 is 0 Å². The molecule has 0 aromatic rings. The summed E-state index contributed by atoms with van der Waals surface area (Å²) >= 11 is 0. The van der Waals surface area contributed by atoms with Crippen LogP contribution in [-0.2, 0) is 9.47 Å². The van der Waals surface area contributed by atoms with Crippen LogP contribution in [0.5, 0.6) is 0 Å². The fourth-order valence-electron chi connectivity index (χ4n) is 1.53. The van der Waals surface area contributed by atoms with Gasteiger partial charge in [-0.15, -0.1) is 6.58 Å². The Hall–Kier alpha value is -0.340. The zero-order chi connectivity index (χ0) is 8.10. The first-order valence-corrected chi connectivity index (χ1v) is 4.11. The minimum absolute atomic E-state index is 0.221.